The van der Waals surface area contributed by atoms with Crippen LogP contribution < -0.4 is 5.32 Å². The standard InChI is InChI=1S/C17H20N8O5S4/c1-8-19-22-23-24(8)7-31-6-11(26)18-17(30-3)14(29)25-12(13(27)28)10(4-32-15(17)25)5-33-16-21-20-9(2)34-16/h15H,4-7H2,1-3H3,(H,18,26)(H,27,28)/t15?,17-/m1/s1. The monoisotopic (exact) mass is 544 g/mol. The van der Waals surface area contributed by atoms with Crippen LogP contribution in [0, 0.1) is 13.8 Å². The lowest BCUT2D eigenvalue weighted by atomic mass is 9.98. The van der Waals surface area contributed by atoms with E-state index in [9.17, 15) is 19.5 Å². The van der Waals surface area contributed by atoms with Crippen LogP contribution in [0.2, 0.25) is 0 Å². The first-order valence-corrected chi connectivity index (χ1v) is 13.8. The summed E-state index contributed by atoms with van der Waals surface area (Å²) in [5.74, 6) is -0.479. The molecule has 0 aliphatic carbocycles. The first kappa shape index (κ1) is 24.9. The van der Waals surface area contributed by atoms with Crippen LogP contribution in [0.25, 0.3) is 0 Å². The van der Waals surface area contributed by atoms with Gasteiger partial charge in [-0.05, 0) is 29.8 Å². The van der Waals surface area contributed by atoms with Crippen LogP contribution >= 0.6 is 46.6 Å². The van der Waals surface area contributed by atoms with Crippen molar-refractivity contribution in [2.45, 2.75) is 35.2 Å². The van der Waals surface area contributed by atoms with Gasteiger partial charge in [0.25, 0.3) is 11.6 Å². The van der Waals surface area contributed by atoms with Gasteiger partial charge in [0.2, 0.25) is 5.91 Å². The van der Waals surface area contributed by atoms with E-state index in [4.69, 9.17) is 4.74 Å². The fraction of sp³-hybridized carbons (Fsp3) is 0.529. The summed E-state index contributed by atoms with van der Waals surface area (Å²) < 4.78 is 7.74. The fourth-order valence-electron chi connectivity index (χ4n) is 3.38. The SMILES string of the molecule is CO[C@]1(NC(=O)CSCn2nnnc2C)C(=O)N2C(C(=O)O)=C(CSc3nnc(C)s3)CSC21. The Bertz CT molecular complexity index is 1150. The molecule has 34 heavy (non-hydrogen) atoms. The molecule has 0 aromatic carbocycles. The first-order valence-electron chi connectivity index (χ1n) is 9.77. The lowest BCUT2D eigenvalue weighted by molar-refractivity contribution is -0.192. The van der Waals surface area contributed by atoms with E-state index < -0.39 is 28.9 Å². The largest absolute Gasteiger partial charge is 0.477 e. The van der Waals surface area contributed by atoms with E-state index in [1.54, 1.807) is 11.6 Å². The fourth-order valence-corrected chi connectivity index (χ4v) is 7.53. The van der Waals surface area contributed by atoms with Gasteiger partial charge in [-0.15, -0.1) is 38.8 Å². The summed E-state index contributed by atoms with van der Waals surface area (Å²) in [5, 5.41) is 31.8. The number of β-lactam (4-membered cyclic amide) rings is 1. The lowest BCUT2D eigenvalue weighted by Crippen LogP contribution is -2.80. The molecule has 0 spiro atoms. The number of carbonyl (C=O) groups excluding carboxylic acids is 2. The third-order valence-electron chi connectivity index (χ3n) is 4.99. The van der Waals surface area contributed by atoms with Crippen molar-refractivity contribution in [3.05, 3.63) is 22.1 Å². The number of rotatable bonds is 10. The number of carboxylic acid groups (broad SMARTS) is 1. The Morgan fingerprint density at radius 1 is 1.32 bits per heavy atom. The van der Waals surface area contributed by atoms with E-state index in [-0.39, 0.29) is 11.4 Å². The van der Waals surface area contributed by atoms with Crippen LogP contribution in [0.4, 0.5) is 0 Å². The van der Waals surface area contributed by atoms with Crippen LogP contribution in [0.3, 0.4) is 0 Å². The third kappa shape index (κ3) is 4.66. The van der Waals surface area contributed by atoms with Crippen LogP contribution in [-0.2, 0) is 25.0 Å². The van der Waals surface area contributed by atoms with Crippen molar-refractivity contribution in [1.29, 1.82) is 0 Å². The van der Waals surface area contributed by atoms with E-state index in [0.717, 1.165) is 9.35 Å². The molecule has 4 rings (SSSR count). The topological polar surface area (TPSA) is 165 Å². The molecule has 13 nitrogen and oxygen atoms in total. The lowest BCUT2D eigenvalue weighted by Gasteiger charge is -2.55. The number of thioether (sulfide) groups is 3. The molecule has 0 radical (unpaired) electrons. The van der Waals surface area contributed by atoms with Crippen LogP contribution in [0.5, 0.6) is 0 Å². The number of nitrogens with one attached hydrogen (secondary N) is 1. The number of fused-ring (bicyclic) bond motifs is 1. The zero-order chi connectivity index (χ0) is 24.5. The van der Waals surface area contributed by atoms with Crippen molar-refractivity contribution in [1.82, 2.24) is 40.6 Å². The molecule has 1 saturated heterocycles. The number of aryl methyl sites for hydroxylation is 2. The average molecular weight is 545 g/mol. The molecule has 2 aromatic rings. The van der Waals surface area contributed by atoms with Gasteiger partial charge in [-0.2, -0.15) is 0 Å². The van der Waals surface area contributed by atoms with Gasteiger partial charge in [-0.1, -0.05) is 23.1 Å². The highest BCUT2D eigenvalue weighted by Crippen LogP contribution is 2.47. The third-order valence-corrected chi connectivity index (χ3v) is 9.32. The Hall–Kier alpha value is -2.21. The Balaban J connectivity index is 1.43. The number of carbonyl (C=O) groups is 3. The molecule has 2 N–H and O–H groups in total. The molecule has 1 fully saturated rings. The van der Waals surface area contributed by atoms with Crippen molar-refractivity contribution >= 4 is 64.4 Å². The normalized spacial score (nSPS) is 21.9. The van der Waals surface area contributed by atoms with E-state index in [0.29, 0.717) is 28.8 Å². The molecular formula is C17H20N8O5S4. The number of aromatic nitrogens is 6. The Kier molecular flexibility index (Phi) is 7.46. The molecule has 17 heteroatoms. The number of aliphatic carboxylic acids is 1. The summed E-state index contributed by atoms with van der Waals surface area (Å²) in [6.45, 7) is 3.59. The molecule has 2 aliphatic heterocycles. The predicted octanol–water partition coefficient (Wildman–Crippen LogP) is 0.337. The maximum absolute atomic E-state index is 13.1. The molecule has 2 aliphatic rings. The predicted molar refractivity (Wildman–Crippen MR) is 126 cm³/mol. The minimum Gasteiger partial charge on any atom is -0.477 e. The van der Waals surface area contributed by atoms with E-state index in [1.807, 2.05) is 6.92 Å². The van der Waals surface area contributed by atoms with Gasteiger partial charge in [-0.25, -0.2) is 9.48 Å². The highest BCUT2D eigenvalue weighted by Gasteiger charge is 2.66. The number of carboxylic acids is 1. The number of tetrazole rings is 1. The minimum absolute atomic E-state index is 0.0415. The second-order valence-electron chi connectivity index (χ2n) is 7.16. The van der Waals surface area contributed by atoms with Crippen LogP contribution in [-0.4, -0.2) is 93.7 Å². The summed E-state index contributed by atoms with van der Waals surface area (Å²) in [7, 11) is 1.32. The molecule has 182 valence electrons. The molecule has 2 amide bonds. The van der Waals surface area contributed by atoms with Crippen molar-refractivity contribution in [3.63, 3.8) is 0 Å². The number of ether oxygens (including phenoxy) is 1. The summed E-state index contributed by atoms with van der Waals surface area (Å²) >= 11 is 5.41. The zero-order valence-electron chi connectivity index (χ0n) is 18.2. The molecule has 2 atom stereocenters. The van der Waals surface area contributed by atoms with Gasteiger partial charge in [0.15, 0.2) is 4.34 Å². The number of methoxy groups -OCH3 is 1. The molecule has 1 unspecified atom stereocenters. The average Bonchev–Trinajstić information content (AvgIpc) is 3.42. The first-order chi connectivity index (χ1) is 16.3. The number of amides is 2. The molecule has 2 aromatic heterocycles. The van der Waals surface area contributed by atoms with E-state index >= 15 is 0 Å². The second kappa shape index (κ2) is 10.2. The smallest absolute Gasteiger partial charge is 0.352 e. The summed E-state index contributed by atoms with van der Waals surface area (Å²) in [4.78, 5) is 39.0. The van der Waals surface area contributed by atoms with Crippen LogP contribution in [0.1, 0.15) is 10.8 Å². The number of nitrogens with zero attached hydrogens (tertiary/aromatic N) is 7. The quantitative estimate of drug-likeness (QED) is 0.239. The van der Waals surface area contributed by atoms with Gasteiger partial charge in [0.1, 0.15) is 21.9 Å². The Labute approximate surface area is 210 Å². The van der Waals surface area contributed by atoms with Crippen molar-refractivity contribution in [2.24, 2.45) is 0 Å². The summed E-state index contributed by atoms with van der Waals surface area (Å²) in [6, 6.07) is 0. The molecule has 0 bridgehead atoms. The summed E-state index contributed by atoms with van der Waals surface area (Å²) in [5.41, 5.74) is -1.10. The molecular weight excluding hydrogens is 525 g/mol. The highest BCUT2D eigenvalue weighted by molar-refractivity contribution is 8.02. The maximum atomic E-state index is 13.1. The Morgan fingerprint density at radius 2 is 2.12 bits per heavy atom. The van der Waals surface area contributed by atoms with Crippen molar-refractivity contribution in [3.8, 4) is 0 Å². The van der Waals surface area contributed by atoms with Crippen LogP contribution in [0.15, 0.2) is 15.6 Å². The Morgan fingerprint density at radius 3 is 2.74 bits per heavy atom. The molecule has 0 saturated carbocycles. The van der Waals surface area contributed by atoms with Gasteiger partial charge in [0, 0.05) is 18.6 Å². The van der Waals surface area contributed by atoms with Gasteiger partial charge in [-0.3, -0.25) is 14.5 Å². The zero-order valence-corrected chi connectivity index (χ0v) is 21.5. The second-order valence-corrected chi connectivity index (χ2v) is 11.6. The van der Waals surface area contributed by atoms with E-state index in [1.165, 1.54) is 58.6 Å². The summed E-state index contributed by atoms with van der Waals surface area (Å²) in [6.07, 6.45) is 0. The number of hydrogen-bond donors (Lipinski definition) is 2. The highest BCUT2D eigenvalue weighted by atomic mass is 32.2. The van der Waals surface area contributed by atoms with Gasteiger partial charge in [0.05, 0.1) is 11.6 Å². The van der Waals surface area contributed by atoms with E-state index in [2.05, 4.69) is 31.0 Å². The van der Waals surface area contributed by atoms with Gasteiger partial charge < -0.3 is 15.2 Å². The molecule has 4 heterocycles. The minimum atomic E-state index is -1.62. The van der Waals surface area contributed by atoms with Crippen molar-refractivity contribution in [2.75, 3.05) is 24.4 Å². The number of hydrogen-bond acceptors (Lipinski definition) is 13. The van der Waals surface area contributed by atoms with Gasteiger partial charge >= 0.3 is 5.97 Å². The van der Waals surface area contributed by atoms with Crippen molar-refractivity contribution < 1.29 is 24.2 Å². The maximum Gasteiger partial charge on any atom is 0.352 e.